The van der Waals surface area contributed by atoms with Crippen LogP contribution in [-0.4, -0.2) is 43.2 Å². The second kappa shape index (κ2) is 7.17. The first-order valence-electron chi connectivity index (χ1n) is 6.74. The summed E-state index contributed by atoms with van der Waals surface area (Å²) in [5, 5.41) is 0. The van der Waals surface area contributed by atoms with Crippen LogP contribution in [0, 0.1) is 0 Å². The van der Waals surface area contributed by atoms with E-state index in [1.165, 1.54) is 0 Å². The summed E-state index contributed by atoms with van der Waals surface area (Å²) in [7, 11) is 0. The molecule has 1 aromatic rings. The predicted octanol–water partition coefficient (Wildman–Crippen LogP) is 2.72. The second-order valence-corrected chi connectivity index (χ2v) is 4.52. The molecule has 0 amide bonds. The van der Waals surface area contributed by atoms with Crippen molar-refractivity contribution in [2.24, 2.45) is 0 Å². The molecular formula is C15H24NO2+. The maximum Gasteiger partial charge on any atom is 0.338 e. The third kappa shape index (κ3) is 3.84. The number of esters is 1. The van der Waals surface area contributed by atoms with Gasteiger partial charge in [0.25, 0.3) is 0 Å². The average molecular weight is 250 g/mol. The van der Waals surface area contributed by atoms with Gasteiger partial charge in [-0.2, -0.15) is 0 Å². The summed E-state index contributed by atoms with van der Waals surface area (Å²) < 4.78 is 6.34. The number of likely N-dealkylation sites (N-methyl/N-ethyl adjacent to an activating group) is 1. The number of benzene rings is 1. The van der Waals surface area contributed by atoms with Gasteiger partial charge in [0.05, 0.1) is 25.2 Å². The zero-order valence-electron chi connectivity index (χ0n) is 11.7. The van der Waals surface area contributed by atoms with Gasteiger partial charge in [0, 0.05) is 0 Å². The van der Waals surface area contributed by atoms with Crippen LogP contribution in [0.5, 0.6) is 0 Å². The molecule has 1 aromatic carbocycles. The minimum Gasteiger partial charge on any atom is -0.456 e. The Morgan fingerprint density at radius 2 is 1.61 bits per heavy atom. The van der Waals surface area contributed by atoms with Crippen molar-refractivity contribution in [2.45, 2.75) is 20.8 Å². The molecule has 0 spiro atoms. The minimum absolute atomic E-state index is 0.225. The Hall–Kier alpha value is -1.35. The Balaban J connectivity index is 2.44. The third-order valence-electron chi connectivity index (χ3n) is 3.82. The van der Waals surface area contributed by atoms with Crippen molar-refractivity contribution in [1.29, 1.82) is 0 Å². The lowest BCUT2D eigenvalue weighted by molar-refractivity contribution is -0.923. The van der Waals surface area contributed by atoms with Gasteiger partial charge in [0.1, 0.15) is 13.2 Å². The van der Waals surface area contributed by atoms with Crippen molar-refractivity contribution in [3.05, 3.63) is 35.9 Å². The summed E-state index contributed by atoms with van der Waals surface area (Å²) in [5.74, 6) is -0.225. The van der Waals surface area contributed by atoms with E-state index in [1.54, 1.807) is 12.1 Å². The van der Waals surface area contributed by atoms with E-state index in [-0.39, 0.29) is 5.97 Å². The molecule has 0 unspecified atom stereocenters. The Bertz CT molecular complexity index is 350. The normalized spacial score (nSPS) is 11.3. The number of hydrogen-bond donors (Lipinski definition) is 0. The molecule has 0 aliphatic rings. The predicted molar refractivity (Wildman–Crippen MR) is 73.5 cm³/mol. The van der Waals surface area contributed by atoms with Gasteiger partial charge >= 0.3 is 5.97 Å². The highest BCUT2D eigenvalue weighted by atomic mass is 16.5. The van der Waals surface area contributed by atoms with Crippen molar-refractivity contribution in [3.63, 3.8) is 0 Å². The van der Waals surface area contributed by atoms with Crippen LogP contribution < -0.4 is 0 Å². The number of nitrogens with zero attached hydrogens (tertiary/aromatic N) is 1. The van der Waals surface area contributed by atoms with Gasteiger partial charge in [0.2, 0.25) is 0 Å². The first-order valence-corrected chi connectivity index (χ1v) is 6.74. The molecule has 0 bridgehead atoms. The fourth-order valence-electron chi connectivity index (χ4n) is 2.13. The smallest absolute Gasteiger partial charge is 0.338 e. The molecule has 0 atom stereocenters. The minimum atomic E-state index is -0.225. The number of carbonyl (C=O) groups excluding carboxylic acids is 1. The monoisotopic (exact) mass is 250 g/mol. The number of ether oxygens (including phenoxy) is 1. The van der Waals surface area contributed by atoms with Gasteiger partial charge in [-0.3, -0.25) is 0 Å². The second-order valence-electron chi connectivity index (χ2n) is 4.52. The molecule has 0 heterocycles. The van der Waals surface area contributed by atoms with Crippen LogP contribution in [0.2, 0.25) is 0 Å². The van der Waals surface area contributed by atoms with Crippen LogP contribution in [0.3, 0.4) is 0 Å². The molecule has 18 heavy (non-hydrogen) atoms. The van der Waals surface area contributed by atoms with E-state index < -0.39 is 0 Å². The van der Waals surface area contributed by atoms with Gasteiger partial charge in [0.15, 0.2) is 0 Å². The summed E-state index contributed by atoms with van der Waals surface area (Å²) in [4.78, 5) is 11.8. The van der Waals surface area contributed by atoms with Gasteiger partial charge in [-0.25, -0.2) is 4.79 Å². The SMILES string of the molecule is CC[N+](CC)(CC)CCOC(=O)c1ccccc1. The van der Waals surface area contributed by atoms with Crippen LogP contribution in [-0.2, 0) is 4.74 Å². The largest absolute Gasteiger partial charge is 0.456 e. The van der Waals surface area contributed by atoms with E-state index in [9.17, 15) is 4.79 Å². The van der Waals surface area contributed by atoms with E-state index in [0.717, 1.165) is 30.7 Å². The summed E-state index contributed by atoms with van der Waals surface area (Å²) in [6.07, 6.45) is 0. The van der Waals surface area contributed by atoms with Crippen molar-refractivity contribution >= 4 is 5.97 Å². The lowest BCUT2D eigenvalue weighted by Gasteiger charge is -2.35. The maximum atomic E-state index is 11.8. The number of quaternary nitrogens is 1. The van der Waals surface area contributed by atoms with Crippen molar-refractivity contribution in [1.82, 2.24) is 0 Å². The highest BCUT2D eigenvalue weighted by Crippen LogP contribution is 2.06. The van der Waals surface area contributed by atoms with Crippen LogP contribution in [0.25, 0.3) is 0 Å². The summed E-state index contributed by atoms with van der Waals surface area (Å²) >= 11 is 0. The van der Waals surface area contributed by atoms with Crippen LogP contribution in [0.4, 0.5) is 0 Å². The van der Waals surface area contributed by atoms with Gasteiger partial charge in [-0.15, -0.1) is 0 Å². The Morgan fingerprint density at radius 1 is 1.06 bits per heavy atom. The quantitative estimate of drug-likeness (QED) is 0.549. The van der Waals surface area contributed by atoms with Gasteiger partial charge in [-0.1, -0.05) is 18.2 Å². The molecule has 0 aromatic heterocycles. The lowest BCUT2D eigenvalue weighted by atomic mass is 10.2. The maximum absolute atomic E-state index is 11.8. The molecule has 0 aliphatic heterocycles. The highest BCUT2D eigenvalue weighted by molar-refractivity contribution is 5.89. The molecule has 3 nitrogen and oxygen atoms in total. The lowest BCUT2D eigenvalue weighted by Crippen LogP contribution is -2.49. The Morgan fingerprint density at radius 3 is 2.11 bits per heavy atom. The topological polar surface area (TPSA) is 26.3 Å². The fraction of sp³-hybridized carbons (Fsp3) is 0.533. The van der Waals surface area contributed by atoms with Crippen LogP contribution in [0.1, 0.15) is 31.1 Å². The summed E-state index contributed by atoms with van der Waals surface area (Å²) in [5.41, 5.74) is 0.625. The van der Waals surface area contributed by atoms with Crippen LogP contribution >= 0.6 is 0 Å². The summed E-state index contributed by atoms with van der Waals surface area (Å²) in [6.45, 7) is 11.2. The van der Waals surface area contributed by atoms with E-state index in [1.807, 2.05) is 18.2 Å². The van der Waals surface area contributed by atoms with Crippen molar-refractivity contribution in [3.8, 4) is 0 Å². The van der Waals surface area contributed by atoms with Crippen molar-refractivity contribution < 1.29 is 14.0 Å². The third-order valence-corrected chi connectivity index (χ3v) is 3.82. The molecule has 1 rings (SSSR count). The Kier molecular flexibility index (Phi) is 5.86. The molecule has 0 saturated heterocycles. The first-order chi connectivity index (χ1) is 8.67. The summed E-state index contributed by atoms with van der Waals surface area (Å²) in [6, 6.07) is 9.15. The average Bonchev–Trinajstić information content (AvgIpc) is 2.45. The zero-order valence-corrected chi connectivity index (χ0v) is 11.7. The van der Waals surface area contributed by atoms with Gasteiger partial charge in [-0.05, 0) is 32.9 Å². The molecular weight excluding hydrogens is 226 g/mol. The molecule has 0 radical (unpaired) electrons. The van der Waals surface area contributed by atoms with Gasteiger partial charge < -0.3 is 9.22 Å². The number of hydrogen-bond acceptors (Lipinski definition) is 2. The zero-order chi connectivity index (χ0) is 13.4. The standard InChI is InChI=1S/C15H24NO2/c1-4-16(5-2,6-3)12-13-18-15(17)14-10-8-7-9-11-14/h7-11H,4-6,12-13H2,1-3H3/q+1. The Labute approximate surface area is 110 Å². The van der Waals surface area contributed by atoms with E-state index in [2.05, 4.69) is 20.8 Å². The number of rotatable bonds is 7. The molecule has 3 heteroatoms. The highest BCUT2D eigenvalue weighted by Gasteiger charge is 2.21. The van der Waals surface area contributed by atoms with E-state index in [4.69, 9.17) is 4.74 Å². The molecule has 0 N–H and O–H groups in total. The van der Waals surface area contributed by atoms with E-state index in [0.29, 0.717) is 12.2 Å². The van der Waals surface area contributed by atoms with E-state index >= 15 is 0 Å². The fourth-order valence-corrected chi connectivity index (χ4v) is 2.13. The van der Waals surface area contributed by atoms with Crippen molar-refractivity contribution in [2.75, 3.05) is 32.8 Å². The molecule has 0 aliphatic carbocycles. The molecule has 100 valence electrons. The van der Waals surface area contributed by atoms with Crippen LogP contribution in [0.15, 0.2) is 30.3 Å². The number of carbonyl (C=O) groups is 1. The molecule has 0 saturated carbocycles. The first kappa shape index (κ1) is 14.7. The molecule has 0 fully saturated rings.